The van der Waals surface area contributed by atoms with E-state index in [2.05, 4.69) is 22.8 Å². The predicted octanol–water partition coefficient (Wildman–Crippen LogP) is 3.63. The normalized spacial score (nSPS) is 13.6. The average Bonchev–Trinajstić information content (AvgIpc) is 3.08. The zero-order valence-corrected chi connectivity index (χ0v) is 19.2. The first-order chi connectivity index (χ1) is 15.2. The van der Waals surface area contributed by atoms with Crippen LogP contribution in [0.1, 0.15) is 37.3 Å². The van der Waals surface area contributed by atoms with E-state index in [4.69, 9.17) is 4.74 Å². The van der Waals surface area contributed by atoms with Gasteiger partial charge in [-0.2, -0.15) is 11.8 Å². The van der Waals surface area contributed by atoms with Crippen LogP contribution in [0, 0.1) is 0 Å². The molecule has 0 aliphatic heterocycles. The molecule has 2 aromatic rings. The Morgan fingerprint density at radius 2 is 1.62 bits per heavy atom. The summed E-state index contributed by atoms with van der Waals surface area (Å²) in [5.41, 5.74) is 3.01. The first-order valence-corrected chi connectivity index (χ1v) is 11.8. The maximum absolute atomic E-state index is 12.6. The molecule has 8 heteroatoms. The number of hydrogen-bond donors (Lipinski definition) is 3. The molecule has 32 heavy (non-hydrogen) atoms. The molecular weight excluding hydrogens is 428 g/mol. The smallest absolute Gasteiger partial charge is 0.407 e. The molecule has 0 spiro atoms. The van der Waals surface area contributed by atoms with Crippen molar-refractivity contribution in [3.63, 3.8) is 0 Å². The molecule has 1 aliphatic rings. The molecule has 0 bridgehead atoms. The number of alkyl carbamates (subject to hydrolysis) is 1. The third-order valence-corrected chi connectivity index (χ3v) is 6.18. The van der Waals surface area contributed by atoms with E-state index < -0.39 is 29.6 Å². The molecule has 0 fully saturated rings. The first kappa shape index (κ1) is 23.7. The lowest BCUT2D eigenvalue weighted by molar-refractivity contribution is -0.146. The zero-order valence-electron chi connectivity index (χ0n) is 18.4. The van der Waals surface area contributed by atoms with Gasteiger partial charge >= 0.3 is 12.1 Å². The molecule has 0 radical (unpaired) electrons. The molecule has 0 saturated heterocycles. The van der Waals surface area contributed by atoms with Gasteiger partial charge in [0.1, 0.15) is 18.2 Å². The van der Waals surface area contributed by atoms with E-state index in [-0.39, 0.29) is 12.5 Å². The number of hydrogen-bond acceptors (Lipinski definition) is 5. The van der Waals surface area contributed by atoms with Crippen LogP contribution < -0.4 is 10.6 Å². The van der Waals surface area contributed by atoms with Gasteiger partial charge in [0, 0.05) is 5.92 Å². The van der Waals surface area contributed by atoms with Crippen molar-refractivity contribution in [1.82, 2.24) is 10.6 Å². The summed E-state index contributed by atoms with van der Waals surface area (Å²) in [6, 6.07) is 15.2. The van der Waals surface area contributed by atoms with Crippen molar-refractivity contribution in [2.75, 3.05) is 18.6 Å². The Balaban J connectivity index is 1.67. The number of aliphatic carboxylic acids is 1. The third-order valence-electron chi connectivity index (χ3n) is 5.53. The first-order valence-electron chi connectivity index (χ1n) is 10.4. The highest BCUT2D eigenvalue weighted by molar-refractivity contribution is 7.98. The number of carboxylic acid groups (broad SMARTS) is 1. The fraction of sp³-hybridized carbons (Fsp3) is 0.375. The Morgan fingerprint density at radius 3 is 2.16 bits per heavy atom. The molecule has 0 unspecified atom stereocenters. The second-order valence-corrected chi connectivity index (χ2v) is 9.21. The molecular formula is C24H28N2O5S. The van der Waals surface area contributed by atoms with Crippen LogP contribution in [0.15, 0.2) is 48.5 Å². The summed E-state index contributed by atoms with van der Waals surface area (Å²) in [7, 11) is 0. The van der Waals surface area contributed by atoms with Crippen LogP contribution in [-0.4, -0.2) is 53.3 Å². The molecule has 2 amide bonds. The van der Waals surface area contributed by atoms with Crippen LogP contribution in [-0.2, 0) is 14.3 Å². The van der Waals surface area contributed by atoms with Crippen molar-refractivity contribution >= 4 is 29.7 Å². The van der Waals surface area contributed by atoms with Gasteiger partial charge in [-0.05, 0) is 54.5 Å². The summed E-state index contributed by atoms with van der Waals surface area (Å²) in [6.45, 7) is 2.93. The van der Waals surface area contributed by atoms with E-state index in [1.165, 1.54) is 25.6 Å². The van der Waals surface area contributed by atoms with Gasteiger partial charge in [-0.1, -0.05) is 48.5 Å². The second kappa shape index (κ2) is 10.1. The van der Waals surface area contributed by atoms with Crippen LogP contribution in [0.2, 0.25) is 0 Å². The Labute approximate surface area is 191 Å². The van der Waals surface area contributed by atoms with Gasteiger partial charge < -0.3 is 20.5 Å². The van der Waals surface area contributed by atoms with E-state index in [9.17, 15) is 19.5 Å². The number of carbonyl (C=O) groups excluding carboxylic acids is 2. The van der Waals surface area contributed by atoms with Crippen LogP contribution in [0.4, 0.5) is 4.79 Å². The van der Waals surface area contributed by atoms with E-state index >= 15 is 0 Å². The summed E-state index contributed by atoms with van der Waals surface area (Å²) in [4.78, 5) is 36.5. The number of carbonyl (C=O) groups is 3. The van der Waals surface area contributed by atoms with Crippen LogP contribution >= 0.6 is 11.8 Å². The summed E-state index contributed by atoms with van der Waals surface area (Å²) >= 11 is 1.53. The quantitative estimate of drug-likeness (QED) is 0.532. The van der Waals surface area contributed by atoms with Crippen molar-refractivity contribution in [2.45, 2.75) is 37.8 Å². The summed E-state index contributed by atoms with van der Waals surface area (Å²) in [5, 5.41) is 14.3. The van der Waals surface area contributed by atoms with Gasteiger partial charge in [-0.3, -0.25) is 4.79 Å². The highest BCUT2D eigenvalue weighted by Gasteiger charge is 2.33. The number of ether oxygens (including phenoxy) is 1. The van der Waals surface area contributed by atoms with E-state index in [0.29, 0.717) is 12.2 Å². The Kier molecular flexibility index (Phi) is 7.45. The predicted molar refractivity (Wildman–Crippen MR) is 125 cm³/mol. The minimum absolute atomic E-state index is 0.0856. The Morgan fingerprint density at radius 1 is 1.06 bits per heavy atom. The molecule has 170 valence electrons. The van der Waals surface area contributed by atoms with E-state index in [1.807, 2.05) is 42.7 Å². The van der Waals surface area contributed by atoms with Crippen LogP contribution in [0.3, 0.4) is 0 Å². The fourth-order valence-corrected chi connectivity index (χ4v) is 4.21. The number of carboxylic acids is 1. The van der Waals surface area contributed by atoms with Gasteiger partial charge in [-0.25, -0.2) is 9.59 Å². The molecule has 3 N–H and O–H groups in total. The monoisotopic (exact) mass is 456 g/mol. The number of nitrogens with one attached hydrogen (secondary N) is 2. The maximum Gasteiger partial charge on any atom is 0.407 e. The topological polar surface area (TPSA) is 105 Å². The second-order valence-electron chi connectivity index (χ2n) is 8.22. The molecule has 1 aliphatic carbocycles. The van der Waals surface area contributed by atoms with Crippen molar-refractivity contribution in [3.8, 4) is 11.1 Å². The highest BCUT2D eigenvalue weighted by atomic mass is 32.2. The number of rotatable bonds is 9. The fourth-order valence-electron chi connectivity index (χ4n) is 3.74. The average molecular weight is 457 g/mol. The minimum atomic E-state index is -1.45. The summed E-state index contributed by atoms with van der Waals surface area (Å²) < 4.78 is 5.52. The van der Waals surface area contributed by atoms with Crippen molar-refractivity contribution in [3.05, 3.63) is 59.7 Å². The molecule has 1 atom stereocenters. The Hall–Kier alpha value is -3.00. The highest BCUT2D eigenvalue weighted by Crippen LogP contribution is 2.44. The SMILES string of the molecule is CSCC[C@@H](NC(=O)OCC1c2ccccc2-c2ccccc21)C(=O)NC(C)(C)C(=O)O. The lowest BCUT2D eigenvalue weighted by Crippen LogP contribution is -2.56. The summed E-state index contributed by atoms with van der Waals surface area (Å²) in [6.07, 6.45) is 1.54. The molecule has 0 saturated carbocycles. The lowest BCUT2D eigenvalue weighted by atomic mass is 9.98. The van der Waals surface area contributed by atoms with Gasteiger partial charge in [0.2, 0.25) is 5.91 Å². The Bertz CT molecular complexity index is 962. The number of thioether (sulfide) groups is 1. The minimum Gasteiger partial charge on any atom is -0.480 e. The van der Waals surface area contributed by atoms with Crippen molar-refractivity contribution in [2.24, 2.45) is 0 Å². The molecule has 3 rings (SSSR count). The molecule has 0 aromatic heterocycles. The maximum atomic E-state index is 12.6. The number of benzene rings is 2. The van der Waals surface area contributed by atoms with Gasteiger partial charge in [0.15, 0.2) is 0 Å². The molecule has 7 nitrogen and oxygen atoms in total. The van der Waals surface area contributed by atoms with E-state index in [1.54, 1.807) is 0 Å². The zero-order chi connectivity index (χ0) is 23.3. The third kappa shape index (κ3) is 5.24. The van der Waals surface area contributed by atoms with Gasteiger partial charge in [0.25, 0.3) is 0 Å². The standard InChI is InChI=1S/C24H28N2O5S/c1-24(2,22(28)29)26-21(27)20(12-13-32-3)25-23(30)31-14-19-17-10-6-4-8-15(17)16-9-5-7-11-18(16)19/h4-11,19-20H,12-14H2,1-3H3,(H,25,30)(H,26,27)(H,28,29)/t20-/m1/s1. The van der Waals surface area contributed by atoms with Crippen LogP contribution in [0.25, 0.3) is 11.1 Å². The van der Waals surface area contributed by atoms with Gasteiger partial charge in [0.05, 0.1) is 0 Å². The molecule has 0 heterocycles. The van der Waals surface area contributed by atoms with Gasteiger partial charge in [-0.15, -0.1) is 0 Å². The largest absolute Gasteiger partial charge is 0.480 e. The lowest BCUT2D eigenvalue weighted by Gasteiger charge is -2.25. The van der Waals surface area contributed by atoms with Crippen molar-refractivity contribution < 1.29 is 24.2 Å². The van der Waals surface area contributed by atoms with Crippen LogP contribution in [0.5, 0.6) is 0 Å². The number of fused-ring (bicyclic) bond motifs is 3. The number of amides is 2. The summed E-state index contributed by atoms with van der Waals surface area (Å²) in [5.74, 6) is -1.18. The van der Waals surface area contributed by atoms with E-state index in [0.717, 1.165) is 22.3 Å². The van der Waals surface area contributed by atoms with Crippen molar-refractivity contribution in [1.29, 1.82) is 0 Å². The molecule has 2 aromatic carbocycles.